The van der Waals surface area contributed by atoms with E-state index >= 15 is 0 Å². The number of nitrogens with one attached hydrogen (secondary N) is 1. The molecule has 1 unspecified atom stereocenters. The topological polar surface area (TPSA) is 12.0 Å². The van der Waals surface area contributed by atoms with Crippen molar-refractivity contribution < 1.29 is 0 Å². The van der Waals surface area contributed by atoms with Gasteiger partial charge in [-0.25, -0.2) is 0 Å². The molecule has 1 atom stereocenters. The Labute approximate surface area is 122 Å². The lowest BCUT2D eigenvalue weighted by Gasteiger charge is -2.14. The fourth-order valence-electron chi connectivity index (χ4n) is 1.47. The third-order valence-electron chi connectivity index (χ3n) is 2.55. The molecule has 1 nitrogen and oxygen atoms in total. The minimum Gasteiger partial charge on any atom is -0.310 e. The normalized spacial score (nSPS) is 12.7. The highest BCUT2D eigenvalue weighted by Gasteiger charge is 2.04. The number of benzene rings is 1. The van der Waals surface area contributed by atoms with Crippen LogP contribution in [0.3, 0.4) is 0 Å². The summed E-state index contributed by atoms with van der Waals surface area (Å²) >= 11 is 11.6. The number of hydrogen-bond acceptors (Lipinski definition) is 2. The zero-order chi connectivity index (χ0) is 12.7. The van der Waals surface area contributed by atoms with Crippen LogP contribution in [-0.4, -0.2) is 17.5 Å². The quantitative estimate of drug-likeness (QED) is 0.723. The van der Waals surface area contributed by atoms with E-state index in [4.69, 9.17) is 11.6 Å². The molecule has 0 aliphatic carbocycles. The highest BCUT2D eigenvalue weighted by Crippen LogP contribution is 2.21. The zero-order valence-electron chi connectivity index (χ0n) is 10.3. The van der Waals surface area contributed by atoms with Gasteiger partial charge in [-0.1, -0.05) is 34.5 Å². The van der Waals surface area contributed by atoms with Crippen LogP contribution in [0.4, 0.5) is 0 Å². The summed E-state index contributed by atoms with van der Waals surface area (Å²) in [6.07, 6.45) is 1.20. The number of rotatable bonds is 7. The van der Waals surface area contributed by atoms with Crippen molar-refractivity contribution in [3.63, 3.8) is 0 Å². The molecule has 96 valence electrons. The molecule has 0 amide bonds. The first-order chi connectivity index (χ1) is 8.13. The lowest BCUT2D eigenvalue weighted by molar-refractivity contribution is 0.537. The van der Waals surface area contributed by atoms with E-state index in [1.165, 1.54) is 17.9 Å². The molecule has 0 aromatic heterocycles. The van der Waals surface area contributed by atoms with E-state index in [1.807, 2.05) is 23.9 Å². The van der Waals surface area contributed by atoms with Crippen LogP contribution in [0, 0.1) is 0 Å². The minimum atomic E-state index is 0.532. The molecule has 1 N–H and O–H groups in total. The van der Waals surface area contributed by atoms with Crippen molar-refractivity contribution in [2.24, 2.45) is 0 Å². The smallest absolute Gasteiger partial charge is 0.0451 e. The van der Waals surface area contributed by atoms with Gasteiger partial charge in [0, 0.05) is 22.1 Å². The van der Waals surface area contributed by atoms with Gasteiger partial charge in [0.15, 0.2) is 0 Å². The molecule has 17 heavy (non-hydrogen) atoms. The van der Waals surface area contributed by atoms with Gasteiger partial charge in [0.05, 0.1) is 0 Å². The highest BCUT2D eigenvalue weighted by atomic mass is 79.9. The molecular weight excluding hydrogens is 318 g/mol. The predicted molar refractivity (Wildman–Crippen MR) is 83.1 cm³/mol. The lowest BCUT2D eigenvalue weighted by Crippen LogP contribution is -2.26. The van der Waals surface area contributed by atoms with Crippen molar-refractivity contribution in [2.75, 3.05) is 11.5 Å². The van der Waals surface area contributed by atoms with Gasteiger partial charge >= 0.3 is 0 Å². The van der Waals surface area contributed by atoms with E-state index in [-0.39, 0.29) is 0 Å². The number of hydrogen-bond donors (Lipinski definition) is 1. The highest BCUT2D eigenvalue weighted by molar-refractivity contribution is 9.10. The lowest BCUT2D eigenvalue weighted by atomic mass is 10.2. The fraction of sp³-hybridized carbons (Fsp3) is 0.538. The van der Waals surface area contributed by atoms with Crippen molar-refractivity contribution in [1.29, 1.82) is 0 Å². The molecular formula is C13H19BrClNS. The summed E-state index contributed by atoms with van der Waals surface area (Å²) in [6.45, 7) is 5.25. The molecule has 1 rings (SSSR count). The van der Waals surface area contributed by atoms with Gasteiger partial charge in [0.1, 0.15) is 0 Å². The Kier molecular flexibility index (Phi) is 7.60. The van der Waals surface area contributed by atoms with Crippen LogP contribution in [0.15, 0.2) is 22.7 Å². The molecule has 0 saturated carbocycles. The molecule has 0 saturated heterocycles. The summed E-state index contributed by atoms with van der Waals surface area (Å²) < 4.78 is 1.08. The van der Waals surface area contributed by atoms with Crippen LogP contribution in [0.5, 0.6) is 0 Å². The van der Waals surface area contributed by atoms with Gasteiger partial charge in [0.25, 0.3) is 0 Å². The van der Waals surface area contributed by atoms with Crippen LogP contribution in [0.1, 0.15) is 25.8 Å². The van der Waals surface area contributed by atoms with E-state index in [0.29, 0.717) is 6.04 Å². The van der Waals surface area contributed by atoms with Crippen molar-refractivity contribution in [1.82, 2.24) is 5.32 Å². The SMILES string of the molecule is CCSCCC(C)NCc1cc(Br)ccc1Cl. The largest absolute Gasteiger partial charge is 0.310 e. The van der Waals surface area contributed by atoms with Crippen molar-refractivity contribution in [3.05, 3.63) is 33.3 Å². The first kappa shape index (κ1) is 15.4. The molecule has 1 aromatic rings. The third kappa shape index (κ3) is 6.14. The standard InChI is InChI=1S/C13H19BrClNS/c1-3-17-7-6-10(2)16-9-11-8-12(14)4-5-13(11)15/h4-5,8,10,16H,3,6-7,9H2,1-2H3. The van der Waals surface area contributed by atoms with Crippen LogP contribution in [0.2, 0.25) is 5.02 Å². The molecule has 0 fully saturated rings. The van der Waals surface area contributed by atoms with Crippen LogP contribution < -0.4 is 5.32 Å². The second kappa shape index (κ2) is 8.41. The maximum Gasteiger partial charge on any atom is 0.0451 e. The fourth-order valence-corrected chi connectivity index (χ4v) is 2.87. The van der Waals surface area contributed by atoms with Gasteiger partial charge in [-0.2, -0.15) is 11.8 Å². The van der Waals surface area contributed by atoms with Crippen molar-refractivity contribution >= 4 is 39.3 Å². The van der Waals surface area contributed by atoms with E-state index in [9.17, 15) is 0 Å². The monoisotopic (exact) mass is 335 g/mol. The summed E-state index contributed by atoms with van der Waals surface area (Å²) in [6, 6.07) is 6.50. The maximum atomic E-state index is 6.14. The average molecular weight is 337 g/mol. The van der Waals surface area contributed by atoms with E-state index in [0.717, 1.165) is 21.6 Å². The van der Waals surface area contributed by atoms with Crippen LogP contribution >= 0.6 is 39.3 Å². The maximum absolute atomic E-state index is 6.14. The zero-order valence-corrected chi connectivity index (χ0v) is 13.5. The van der Waals surface area contributed by atoms with Crippen molar-refractivity contribution in [3.8, 4) is 0 Å². The molecule has 0 aliphatic rings. The molecule has 0 aliphatic heterocycles. The van der Waals surface area contributed by atoms with Gasteiger partial charge in [0.2, 0.25) is 0 Å². The summed E-state index contributed by atoms with van der Waals surface area (Å²) in [5.41, 5.74) is 1.15. The first-order valence-corrected chi connectivity index (χ1v) is 8.21. The van der Waals surface area contributed by atoms with E-state index in [2.05, 4.69) is 41.2 Å². The van der Waals surface area contributed by atoms with Crippen LogP contribution in [0.25, 0.3) is 0 Å². The Morgan fingerprint density at radius 1 is 1.47 bits per heavy atom. The molecule has 0 spiro atoms. The Morgan fingerprint density at radius 2 is 2.24 bits per heavy atom. The molecule has 1 aromatic carbocycles. The predicted octanol–water partition coefficient (Wildman–Crippen LogP) is 4.72. The molecule has 0 bridgehead atoms. The first-order valence-electron chi connectivity index (χ1n) is 5.88. The third-order valence-corrected chi connectivity index (χ3v) is 4.34. The van der Waals surface area contributed by atoms with Gasteiger partial charge < -0.3 is 5.32 Å². The summed E-state index contributed by atoms with van der Waals surface area (Å²) in [5, 5.41) is 4.34. The number of thioether (sulfide) groups is 1. The number of halogens is 2. The second-order valence-electron chi connectivity index (χ2n) is 4.00. The minimum absolute atomic E-state index is 0.532. The molecule has 0 heterocycles. The van der Waals surface area contributed by atoms with Gasteiger partial charge in [-0.3, -0.25) is 0 Å². The average Bonchev–Trinajstić information content (AvgIpc) is 2.31. The Hall–Kier alpha value is 0.300. The Bertz CT molecular complexity index is 346. The summed E-state index contributed by atoms with van der Waals surface area (Å²) in [5.74, 6) is 2.42. The van der Waals surface area contributed by atoms with Gasteiger partial charge in [-0.15, -0.1) is 0 Å². The van der Waals surface area contributed by atoms with E-state index < -0.39 is 0 Å². The summed E-state index contributed by atoms with van der Waals surface area (Å²) in [4.78, 5) is 0. The Balaban J connectivity index is 2.36. The molecule has 4 heteroatoms. The van der Waals surface area contributed by atoms with Crippen molar-refractivity contribution in [2.45, 2.75) is 32.9 Å². The summed E-state index contributed by atoms with van der Waals surface area (Å²) in [7, 11) is 0. The van der Waals surface area contributed by atoms with E-state index in [1.54, 1.807) is 0 Å². The van der Waals surface area contributed by atoms with Crippen LogP contribution in [-0.2, 0) is 6.54 Å². The van der Waals surface area contributed by atoms with Gasteiger partial charge in [-0.05, 0) is 48.6 Å². The Morgan fingerprint density at radius 3 is 2.94 bits per heavy atom. The second-order valence-corrected chi connectivity index (χ2v) is 6.72. The molecule has 0 radical (unpaired) electrons.